The topological polar surface area (TPSA) is 127 Å². The van der Waals surface area contributed by atoms with Gasteiger partial charge in [0.25, 0.3) is 11.8 Å². The number of aromatic hydroxyl groups is 2. The van der Waals surface area contributed by atoms with Crippen LogP contribution in [0.5, 0.6) is 11.5 Å². The van der Waals surface area contributed by atoms with Gasteiger partial charge in [-0.1, -0.05) is 48.5 Å². The summed E-state index contributed by atoms with van der Waals surface area (Å²) in [5.74, 6) is -2.35. The maximum atomic E-state index is 11.9. The number of carbonyl (C=O) groups is 2. The third-order valence-electron chi connectivity index (χ3n) is 4.82. The Bertz CT molecular complexity index is 1190. The molecule has 6 heteroatoms. The third-order valence-corrected chi connectivity index (χ3v) is 4.82. The molecular formula is C22H16N2O4. The molecule has 4 rings (SSSR count). The molecule has 0 heterocycles. The fourth-order valence-electron chi connectivity index (χ4n) is 3.56. The van der Waals surface area contributed by atoms with Gasteiger partial charge in [-0.05, 0) is 33.7 Å². The van der Waals surface area contributed by atoms with E-state index in [4.69, 9.17) is 11.5 Å². The van der Waals surface area contributed by atoms with Crippen molar-refractivity contribution < 1.29 is 19.8 Å². The summed E-state index contributed by atoms with van der Waals surface area (Å²) in [5.41, 5.74) is 11.2. The number of rotatable bonds is 3. The molecule has 0 spiro atoms. The largest absolute Gasteiger partial charge is 0.506 e. The zero-order valence-corrected chi connectivity index (χ0v) is 14.6. The maximum absolute atomic E-state index is 11.9. The first-order valence-corrected chi connectivity index (χ1v) is 8.49. The highest BCUT2D eigenvalue weighted by Gasteiger charge is 2.24. The van der Waals surface area contributed by atoms with Gasteiger partial charge >= 0.3 is 0 Å². The Morgan fingerprint density at radius 1 is 0.643 bits per heavy atom. The van der Waals surface area contributed by atoms with Gasteiger partial charge in [0.05, 0.1) is 11.1 Å². The van der Waals surface area contributed by atoms with Gasteiger partial charge < -0.3 is 21.7 Å². The summed E-state index contributed by atoms with van der Waals surface area (Å²) in [5, 5.41) is 24.3. The van der Waals surface area contributed by atoms with Crippen LogP contribution in [0.25, 0.3) is 32.7 Å². The van der Waals surface area contributed by atoms with Crippen LogP contribution in [0.2, 0.25) is 0 Å². The monoisotopic (exact) mass is 372 g/mol. The van der Waals surface area contributed by atoms with Gasteiger partial charge in [-0.2, -0.15) is 0 Å². The van der Waals surface area contributed by atoms with E-state index in [0.29, 0.717) is 21.5 Å². The van der Waals surface area contributed by atoms with Crippen molar-refractivity contribution in [2.75, 3.05) is 0 Å². The fraction of sp³-hybridized carbons (Fsp3) is 0. The molecule has 0 saturated heterocycles. The Kier molecular flexibility index (Phi) is 3.89. The zero-order chi connectivity index (χ0) is 20.0. The standard InChI is InChI=1S/C22H16N2O4/c23-21(27)15-9-11-5-1-3-7-13(11)17(19(15)25)18-14-8-4-2-6-12(14)10-16(20(18)26)22(24)28/h1-10,25-26H,(H2,23,27)(H2,24,28). The molecule has 6 N–H and O–H groups in total. The molecule has 0 aromatic heterocycles. The van der Waals surface area contributed by atoms with Crippen LogP contribution in [0, 0.1) is 0 Å². The molecule has 4 aromatic rings. The third kappa shape index (κ3) is 2.51. The van der Waals surface area contributed by atoms with Crippen LogP contribution < -0.4 is 11.5 Å². The van der Waals surface area contributed by atoms with Crippen molar-refractivity contribution in [1.29, 1.82) is 0 Å². The molecule has 28 heavy (non-hydrogen) atoms. The SMILES string of the molecule is NC(=O)c1cc2ccccc2c(-c2c(O)c(C(N)=O)cc3ccccc23)c1O. The molecule has 0 aliphatic rings. The summed E-state index contributed by atoms with van der Waals surface area (Å²) < 4.78 is 0. The molecular weight excluding hydrogens is 356 g/mol. The Morgan fingerprint density at radius 2 is 1.00 bits per heavy atom. The van der Waals surface area contributed by atoms with Gasteiger partial charge in [-0.3, -0.25) is 9.59 Å². The van der Waals surface area contributed by atoms with Crippen LogP contribution >= 0.6 is 0 Å². The van der Waals surface area contributed by atoms with Crippen LogP contribution in [0.1, 0.15) is 20.7 Å². The minimum Gasteiger partial charge on any atom is -0.506 e. The Morgan fingerprint density at radius 3 is 1.36 bits per heavy atom. The maximum Gasteiger partial charge on any atom is 0.252 e. The second-order valence-corrected chi connectivity index (χ2v) is 6.47. The predicted molar refractivity (Wildman–Crippen MR) is 107 cm³/mol. The van der Waals surface area contributed by atoms with E-state index in [2.05, 4.69) is 0 Å². The average molecular weight is 372 g/mol. The van der Waals surface area contributed by atoms with E-state index in [0.717, 1.165) is 0 Å². The van der Waals surface area contributed by atoms with Gasteiger partial charge in [0, 0.05) is 11.1 Å². The highest BCUT2D eigenvalue weighted by Crippen LogP contribution is 2.47. The van der Waals surface area contributed by atoms with Crippen molar-refractivity contribution in [3.63, 3.8) is 0 Å². The van der Waals surface area contributed by atoms with Crippen LogP contribution in [0.3, 0.4) is 0 Å². The van der Waals surface area contributed by atoms with Crippen molar-refractivity contribution in [1.82, 2.24) is 0 Å². The van der Waals surface area contributed by atoms with E-state index in [9.17, 15) is 19.8 Å². The summed E-state index contributed by atoms with van der Waals surface area (Å²) in [4.78, 5) is 23.8. The normalized spacial score (nSPS) is 11.0. The van der Waals surface area contributed by atoms with E-state index in [-0.39, 0.29) is 33.8 Å². The summed E-state index contributed by atoms with van der Waals surface area (Å²) in [6, 6.07) is 17.1. The first-order valence-electron chi connectivity index (χ1n) is 8.49. The molecule has 0 atom stereocenters. The van der Waals surface area contributed by atoms with E-state index in [1.165, 1.54) is 12.1 Å². The number of fused-ring (bicyclic) bond motifs is 2. The number of carbonyl (C=O) groups excluding carboxylic acids is 2. The quantitative estimate of drug-likeness (QED) is 0.440. The molecule has 4 aromatic carbocycles. The Balaban J connectivity index is 2.28. The van der Waals surface area contributed by atoms with Crippen molar-refractivity contribution in [2.45, 2.75) is 0 Å². The number of hydrogen-bond acceptors (Lipinski definition) is 4. The molecule has 0 fully saturated rings. The van der Waals surface area contributed by atoms with Gasteiger partial charge in [-0.25, -0.2) is 0 Å². The van der Waals surface area contributed by atoms with Crippen LogP contribution in [0.15, 0.2) is 60.7 Å². The minimum absolute atomic E-state index is 0.0818. The molecule has 0 aliphatic heterocycles. The second kappa shape index (κ2) is 6.28. The van der Waals surface area contributed by atoms with Gasteiger partial charge in [-0.15, -0.1) is 0 Å². The van der Waals surface area contributed by atoms with E-state index >= 15 is 0 Å². The lowest BCUT2D eigenvalue weighted by Gasteiger charge is -2.17. The highest BCUT2D eigenvalue weighted by molar-refractivity contribution is 6.16. The molecule has 138 valence electrons. The van der Waals surface area contributed by atoms with Crippen LogP contribution in [-0.4, -0.2) is 22.0 Å². The lowest BCUT2D eigenvalue weighted by molar-refractivity contribution is 0.0989. The zero-order valence-electron chi connectivity index (χ0n) is 14.6. The van der Waals surface area contributed by atoms with E-state index in [1.807, 2.05) is 0 Å². The lowest BCUT2D eigenvalue weighted by atomic mass is 9.88. The number of amides is 2. The molecule has 0 bridgehead atoms. The molecule has 2 amide bonds. The summed E-state index contributed by atoms with van der Waals surface area (Å²) >= 11 is 0. The minimum atomic E-state index is -0.806. The molecule has 0 unspecified atom stereocenters. The number of nitrogens with two attached hydrogens (primary N) is 2. The number of benzene rings is 4. The van der Waals surface area contributed by atoms with Crippen LogP contribution in [-0.2, 0) is 0 Å². The summed E-state index contributed by atoms with van der Waals surface area (Å²) in [6.07, 6.45) is 0. The first kappa shape index (κ1) is 17.4. The van der Waals surface area contributed by atoms with Gasteiger partial charge in [0.2, 0.25) is 0 Å². The molecule has 0 aliphatic carbocycles. The fourth-order valence-corrected chi connectivity index (χ4v) is 3.56. The lowest BCUT2D eigenvalue weighted by Crippen LogP contribution is -2.12. The molecule has 0 saturated carbocycles. The second-order valence-electron chi connectivity index (χ2n) is 6.47. The first-order chi connectivity index (χ1) is 13.4. The average Bonchev–Trinajstić information content (AvgIpc) is 2.67. The number of phenols is 2. The van der Waals surface area contributed by atoms with Crippen molar-refractivity contribution in [2.24, 2.45) is 11.5 Å². The van der Waals surface area contributed by atoms with Gasteiger partial charge in [0.15, 0.2) is 0 Å². The van der Waals surface area contributed by atoms with Crippen molar-refractivity contribution in [3.8, 4) is 22.6 Å². The molecule has 6 nitrogen and oxygen atoms in total. The van der Waals surface area contributed by atoms with Crippen molar-refractivity contribution >= 4 is 33.4 Å². The number of hydrogen-bond donors (Lipinski definition) is 4. The van der Waals surface area contributed by atoms with E-state index in [1.54, 1.807) is 48.5 Å². The van der Waals surface area contributed by atoms with Crippen molar-refractivity contribution in [3.05, 3.63) is 71.8 Å². The smallest absolute Gasteiger partial charge is 0.252 e. The van der Waals surface area contributed by atoms with Gasteiger partial charge in [0.1, 0.15) is 11.5 Å². The summed E-state index contributed by atoms with van der Waals surface area (Å²) in [7, 11) is 0. The summed E-state index contributed by atoms with van der Waals surface area (Å²) in [6.45, 7) is 0. The Labute approximate surface area is 159 Å². The molecule has 0 radical (unpaired) electrons. The predicted octanol–water partition coefficient (Wildman–Crippen LogP) is 3.27. The number of primary amides is 2. The Hall–Kier alpha value is -4.06. The van der Waals surface area contributed by atoms with Crippen LogP contribution in [0.4, 0.5) is 0 Å². The highest BCUT2D eigenvalue weighted by atomic mass is 16.3. The van der Waals surface area contributed by atoms with E-state index < -0.39 is 11.8 Å².